The Kier molecular flexibility index (Phi) is 6.97. The van der Waals surface area contributed by atoms with Gasteiger partial charge in [0.25, 0.3) is 0 Å². The Hall–Kier alpha value is -1.80. The van der Waals surface area contributed by atoms with Crippen LogP contribution in [0.15, 0.2) is 24.3 Å². The highest BCUT2D eigenvalue weighted by Gasteiger charge is 2.33. The van der Waals surface area contributed by atoms with E-state index in [1.807, 2.05) is 12.1 Å². The van der Waals surface area contributed by atoms with E-state index in [0.29, 0.717) is 5.92 Å². The monoisotopic (exact) mass is 436 g/mol. The van der Waals surface area contributed by atoms with Crippen LogP contribution < -0.4 is 20.7 Å². The fourth-order valence-electron chi connectivity index (χ4n) is 4.29. The fourth-order valence-corrected chi connectivity index (χ4v) is 5.31. The number of benzene rings is 1. The van der Waals surface area contributed by atoms with Gasteiger partial charge in [-0.15, -0.1) is 0 Å². The molecule has 7 nitrogen and oxygen atoms in total. The second kappa shape index (κ2) is 9.14. The third-order valence-corrected chi connectivity index (χ3v) is 8.61. The number of primary amides is 1. The summed E-state index contributed by atoms with van der Waals surface area (Å²) < 4.78 is 26.8. The first-order valence-corrected chi connectivity index (χ1v) is 12.5. The summed E-state index contributed by atoms with van der Waals surface area (Å²) in [5.74, 6) is 0.285. The summed E-state index contributed by atoms with van der Waals surface area (Å²) >= 11 is 0. The van der Waals surface area contributed by atoms with Crippen LogP contribution in [0.1, 0.15) is 59.3 Å². The van der Waals surface area contributed by atoms with E-state index in [1.165, 1.54) is 0 Å². The number of carbonyl (C=O) groups is 1. The Morgan fingerprint density at radius 1 is 1.10 bits per heavy atom. The molecule has 0 bridgehead atoms. The van der Waals surface area contributed by atoms with Crippen LogP contribution in [0.2, 0.25) is 0 Å². The van der Waals surface area contributed by atoms with Crippen LogP contribution in [0.4, 0.5) is 11.4 Å². The van der Waals surface area contributed by atoms with Crippen molar-refractivity contribution in [3.05, 3.63) is 24.3 Å². The van der Waals surface area contributed by atoms with Gasteiger partial charge < -0.3 is 16.0 Å². The zero-order valence-corrected chi connectivity index (χ0v) is 19.2. The zero-order valence-electron chi connectivity index (χ0n) is 18.4. The molecule has 30 heavy (non-hydrogen) atoms. The van der Waals surface area contributed by atoms with Crippen LogP contribution in [0.3, 0.4) is 0 Å². The van der Waals surface area contributed by atoms with Crippen molar-refractivity contribution < 1.29 is 13.2 Å². The molecule has 168 valence electrons. The van der Waals surface area contributed by atoms with Gasteiger partial charge in [-0.1, -0.05) is 0 Å². The van der Waals surface area contributed by atoms with E-state index in [4.69, 9.17) is 5.73 Å². The van der Waals surface area contributed by atoms with Gasteiger partial charge in [0.1, 0.15) is 6.04 Å². The number of nitrogens with one attached hydrogen (secondary N) is 2. The molecule has 0 radical (unpaired) electrons. The molecule has 1 saturated heterocycles. The van der Waals surface area contributed by atoms with Crippen LogP contribution in [0.5, 0.6) is 0 Å². The highest BCUT2D eigenvalue weighted by atomic mass is 32.2. The Labute approximate surface area is 180 Å². The first-order chi connectivity index (χ1) is 14.1. The Bertz CT molecular complexity index is 825. The Morgan fingerprint density at radius 2 is 1.73 bits per heavy atom. The van der Waals surface area contributed by atoms with Gasteiger partial charge in [0, 0.05) is 30.5 Å². The maximum Gasteiger partial charge on any atom is 0.240 e. The lowest BCUT2D eigenvalue weighted by atomic mass is 9.86. The maximum absolute atomic E-state index is 12.3. The number of sulfonamides is 1. The molecule has 2 aliphatic rings. The smallest absolute Gasteiger partial charge is 0.240 e. The fraction of sp³-hybridized carbons (Fsp3) is 0.682. The molecule has 1 atom stereocenters. The summed E-state index contributed by atoms with van der Waals surface area (Å²) in [5.41, 5.74) is 7.61. The van der Waals surface area contributed by atoms with Gasteiger partial charge >= 0.3 is 0 Å². The van der Waals surface area contributed by atoms with Gasteiger partial charge in [-0.3, -0.25) is 4.79 Å². The predicted octanol–water partition coefficient (Wildman–Crippen LogP) is 2.83. The van der Waals surface area contributed by atoms with Crippen molar-refractivity contribution in [3.63, 3.8) is 0 Å². The molecule has 8 heteroatoms. The minimum Gasteiger partial charge on any atom is -0.385 e. The number of nitrogens with zero attached hydrogens (tertiary/aromatic N) is 1. The van der Waals surface area contributed by atoms with E-state index in [9.17, 15) is 13.2 Å². The first kappa shape index (κ1) is 22.9. The normalized spacial score (nSPS) is 25.3. The topological polar surface area (TPSA) is 105 Å². The molecule has 1 saturated carbocycles. The van der Waals surface area contributed by atoms with E-state index in [0.717, 1.165) is 63.0 Å². The van der Waals surface area contributed by atoms with Crippen LogP contribution in [-0.4, -0.2) is 44.2 Å². The summed E-state index contributed by atoms with van der Waals surface area (Å²) in [5, 5.41) is 3.50. The number of nitrogens with two attached hydrogens (primary N) is 1. The molecule has 0 unspecified atom stereocenters. The molecule has 1 amide bonds. The van der Waals surface area contributed by atoms with Crippen molar-refractivity contribution in [1.29, 1.82) is 0 Å². The van der Waals surface area contributed by atoms with Gasteiger partial charge in [0.2, 0.25) is 15.9 Å². The molecule has 1 aliphatic carbocycles. The van der Waals surface area contributed by atoms with Crippen LogP contribution in [0, 0.1) is 5.92 Å². The molecular weight excluding hydrogens is 400 g/mol. The quantitative estimate of drug-likeness (QED) is 0.610. The van der Waals surface area contributed by atoms with E-state index in [1.54, 1.807) is 20.8 Å². The van der Waals surface area contributed by atoms with Crippen LogP contribution in [-0.2, 0) is 14.8 Å². The largest absolute Gasteiger partial charge is 0.385 e. The second-order valence-corrected chi connectivity index (χ2v) is 12.1. The zero-order chi connectivity index (χ0) is 21.9. The van der Waals surface area contributed by atoms with E-state index < -0.39 is 14.8 Å². The van der Waals surface area contributed by atoms with Gasteiger partial charge in [0.05, 0.1) is 4.75 Å². The average molecular weight is 437 g/mol. The highest BCUT2D eigenvalue weighted by Crippen LogP contribution is 2.29. The summed E-state index contributed by atoms with van der Waals surface area (Å²) in [6.45, 7) is 6.93. The highest BCUT2D eigenvalue weighted by molar-refractivity contribution is 7.90. The van der Waals surface area contributed by atoms with E-state index in [-0.39, 0.29) is 18.0 Å². The first-order valence-electron chi connectivity index (χ1n) is 11.0. The van der Waals surface area contributed by atoms with Crippen molar-refractivity contribution >= 4 is 27.3 Å². The molecular formula is C22H36N4O3S. The number of amides is 1. The van der Waals surface area contributed by atoms with Crippen molar-refractivity contribution in [2.45, 2.75) is 76.1 Å². The molecule has 1 heterocycles. The Morgan fingerprint density at radius 3 is 2.30 bits per heavy atom. The molecule has 4 N–H and O–H groups in total. The lowest BCUT2D eigenvalue weighted by molar-refractivity contribution is -0.119. The van der Waals surface area contributed by atoms with Gasteiger partial charge in [0.15, 0.2) is 0 Å². The van der Waals surface area contributed by atoms with Gasteiger partial charge in [-0.2, -0.15) is 0 Å². The third kappa shape index (κ3) is 5.46. The molecule has 2 fully saturated rings. The van der Waals surface area contributed by atoms with E-state index >= 15 is 0 Å². The summed E-state index contributed by atoms with van der Waals surface area (Å²) in [6, 6.07) is 8.03. The average Bonchev–Trinajstić information content (AvgIpc) is 3.17. The second-order valence-electron chi connectivity index (χ2n) is 9.63. The third-order valence-electron chi connectivity index (χ3n) is 6.35. The SMILES string of the molecule is CC(C)(C)S(=O)(=O)N[C@H]1CC[C@H](CNc2ccc(N3CCC[C@H]3C(N)=O)cc2)CC1. The predicted molar refractivity (Wildman–Crippen MR) is 122 cm³/mol. The van der Waals surface area contributed by atoms with Crippen molar-refractivity contribution in [2.24, 2.45) is 11.7 Å². The lowest BCUT2D eigenvalue weighted by Gasteiger charge is -2.31. The van der Waals surface area contributed by atoms with Crippen molar-refractivity contribution in [2.75, 3.05) is 23.3 Å². The maximum atomic E-state index is 12.3. The summed E-state index contributed by atoms with van der Waals surface area (Å²) in [4.78, 5) is 13.7. The minimum absolute atomic E-state index is 0.0448. The van der Waals surface area contributed by atoms with Crippen molar-refractivity contribution in [3.8, 4) is 0 Å². The number of hydrogen-bond donors (Lipinski definition) is 3. The molecule has 0 aromatic heterocycles. The standard InChI is InChI=1S/C22H36N4O3S/c1-22(2,3)30(28,29)25-18-8-6-16(7-9-18)15-24-17-10-12-19(13-11-17)26-14-4-5-20(26)21(23)27/h10-13,16,18,20,24-25H,4-9,14-15H2,1-3H3,(H2,23,27)/t16-,18-,20-/m0/s1. The van der Waals surface area contributed by atoms with E-state index in [2.05, 4.69) is 27.1 Å². The van der Waals surface area contributed by atoms with Gasteiger partial charge in [-0.05, 0) is 89.5 Å². The molecule has 1 aromatic rings. The lowest BCUT2D eigenvalue weighted by Crippen LogP contribution is -2.46. The number of anilines is 2. The van der Waals surface area contributed by atoms with Crippen LogP contribution >= 0.6 is 0 Å². The summed E-state index contributed by atoms with van der Waals surface area (Å²) in [7, 11) is -3.29. The summed E-state index contributed by atoms with van der Waals surface area (Å²) in [6.07, 6.45) is 5.59. The number of rotatable bonds is 7. The number of hydrogen-bond acceptors (Lipinski definition) is 5. The van der Waals surface area contributed by atoms with Crippen molar-refractivity contribution in [1.82, 2.24) is 4.72 Å². The van der Waals surface area contributed by atoms with Gasteiger partial charge in [-0.25, -0.2) is 13.1 Å². The number of carbonyl (C=O) groups excluding carboxylic acids is 1. The van der Waals surface area contributed by atoms with Crippen LogP contribution in [0.25, 0.3) is 0 Å². The molecule has 0 spiro atoms. The molecule has 1 aliphatic heterocycles. The Balaban J connectivity index is 1.45. The minimum atomic E-state index is -3.29. The molecule has 1 aromatic carbocycles. The molecule has 3 rings (SSSR count).